The highest BCUT2D eigenvalue weighted by atomic mass is 14.9. The molecule has 0 spiro atoms. The van der Waals surface area contributed by atoms with E-state index >= 15 is 0 Å². The lowest BCUT2D eigenvalue weighted by molar-refractivity contribution is 0.722. The average molecular weight is 324 g/mol. The normalized spacial score (nSPS) is 14.2. The van der Waals surface area contributed by atoms with Gasteiger partial charge < -0.3 is 15.0 Å². The van der Waals surface area contributed by atoms with Gasteiger partial charge in [0.1, 0.15) is 5.82 Å². The Labute approximate surface area is 144 Å². The fourth-order valence-corrected chi connectivity index (χ4v) is 3.17. The maximum Gasteiger partial charge on any atom is 0.108 e. The third-order valence-corrected chi connectivity index (χ3v) is 4.73. The van der Waals surface area contributed by atoms with E-state index in [9.17, 15) is 0 Å². The number of rotatable bonds is 7. The predicted octanol–water partition coefficient (Wildman–Crippen LogP) is 4.88. The number of nitrogens with one attached hydrogen (secondary N) is 3. The second-order valence-corrected chi connectivity index (χ2v) is 7.24. The van der Waals surface area contributed by atoms with Crippen LogP contribution in [0.4, 0.5) is 0 Å². The maximum atomic E-state index is 4.47. The summed E-state index contributed by atoms with van der Waals surface area (Å²) in [6.45, 7) is 8.86. The molecule has 0 saturated carbocycles. The number of H-pyrrole nitrogens is 3. The van der Waals surface area contributed by atoms with Crippen molar-refractivity contribution in [3.05, 3.63) is 65.3 Å². The summed E-state index contributed by atoms with van der Waals surface area (Å²) >= 11 is 0. The number of imidazole rings is 1. The first-order valence-electron chi connectivity index (χ1n) is 8.87. The van der Waals surface area contributed by atoms with Crippen LogP contribution in [0.15, 0.2) is 36.8 Å². The molecule has 3 aromatic heterocycles. The molecule has 24 heavy (non-hydrogen) atoms. The Kier molecular flexibility index (Phi) is 4.93. The zero-order valence-corrected chi connectivity index (χ0v) is 15.1. The van der Waals surface area contributed by atoms with Crippen molar-refractivity contribution in [1.82, 2.24) is 19.9 Å². The second-order valence-electron chi connectivity index (χ2n) is 7.24. The van der Waals surface area contributed by atoms with E-state index in [1.54, 1.807) is 0 Å². The molecule has 2 atom stereocenters. The molecule has 3 aromatic rings. The Hall–Kier alpha value is -2.23. The fraction of sp³-hybridized carbons (Fsp3) is 0.450. The molecule has 128 valence electrons. The van der Waals surface area contributed by atoms with Crippen LogP contribution in [0.2, 0.25) is 0 Å². The van der Waals surface area contributed by atoms with Gasteiger partial charge in [0.25, 0.3) is 0 Å². The average Bonchev–Trinajstić information content (AvgIpc) is 3.28. The zero-order valence-electron chi connectivity index (χ0n) is 15.1. The number of aromatic amines is 3. The number of aromatic nitrogens is 4. The van der Waals surface area contributed by atoms with Gasteiger partial charge in [-0.1, -0.05) is 27.7 Å². The SMILES string of the molecule is CC(C)c1ncc(CC(C)c2c[nH]c(CC(C)c3ccc[nH]3)c2)[nH]1. The van der Waals surface area contributed by atoms with Gasteiger partial charge in [0.15, 0.2) is 0 Å². The quantitative estimate of drug-likeness (QED) is 0.570. The summed E-state index contributed by atoms with van der Waals surface area (Å²) in [6.07, 6.45) is 8.13. The molecule has 4 heteroatoms. The molecule has 0 saturated heterocycles. The molecule has 3 heterocycles. The Morgan fingerprint density at radius 3 is 2.46 bits per heavy atom. The van der Waals surface area contributed by atoms with Gasteiger partial charge in [-0.25, -0.2) is 4.98 Å². The Bertz CT molecular complexity index is 748. The van der Waals surface area contributed by atoms with E-state index in [1.165, 1.54) is 22.6 Å². The summed E-state index contributed by atoms with van der Waals surface area (Å²) in [7, 11) is 0. The largest absolute Gasteiger partial charge is 0.365 e. The van der Waals surface area contributed by atoms with E-state index in [0.29, 0.717) is 17.8 Å². The van der Waals surface area contributed by atoms with Gasteiger partial charge in [0.2, 0.25) is 0 Å². The highest BCUT2D eigenvalue weighted by molar-refractivity contribution is 5.24. The van der Waals surface area contributed by atoms with E-state index in [4.69, 9.17) is 0 Å². The highest BCUT2D eigenvalue weighted by Gasteiger charge is 2.14. The molecule has 0 aliphatic heterocycles. The lowest BCUT2D eigenvalue weighted by Crippen LogP contribution is -1.99. The lowest BCUT2D eigenvalue weighted by atomic mass is 9.97. The van der Waals surface area contributed by atoms with Crippen molar-refractivity contribution < 1.29 is 0 Å². The molecular weight excluding hydrogens is 296 g/mol. The Morgan fingerprint density at radius 1 is 1.00 bits per heavy atom. The van der Waals surface area contributed by atoms with Crippen molar-refractivity contribution in [3.8, 4) is 0 Å². The highest BCUT2D eigenvalue weighted by Crippen LogP contribution is 2.24. The van der Waals surface area contributed by atoms with Crippen LogP contribution in [-0.2, 0) is 12.8 Å². The maximum absolute atomic E-state index is 4.47. The molecule has 0 aliphatic carbocycles. The van der Waals surface area contributed by atoms with E-state index in [2.05, 4.69) is 72.0 Å². The molecule has 0 radical (unpaired) electrons. The van der Waals surface area contributed by atoms with Crippen LogP contribution in [0.3, 0.4) is 0 Å². The molecule has 3 rings (SSSR count). The molecule has 3 N–H and O–H groups in total. The summed E-state index contributed by atoms with van der Waals surface area (Å²) in [5.74, 6) is 2.48. The molecule has 0 aromatic carbocycles. The first-order valence-corrected chi connectivity index (χ1v) is 8.87. The minimum absolute atomic E-state index is 0.447. The van der Waals surface area contributed by atoms with Crippen LogP contribution < -0.4 is 0 Å². The summed E-state index contributed by atoms with van der Waals surface area (Å²) in [5, 5.41) is 0. The number of hydrogen-bond acceptors (Lipinski definition) is 1. The van der Waals surface area contributed by atoms with Gasteiger partial charge in [-0.2, -0.15) is 0 Å². The first-order chi connectivity index (χ1) is 11.5. The molecule has 0 fully saturated rings. The molecule has 4 nitrogen and oxygen atoms in total. The third-order valence-electron chi connectivity index (χ3n) is 4.73. The molecule has 0 aliphatic rings. The van der Waals surface area contributed by atoms with E-state index < -0.39 is 0 Å². The van der Waals surface area contributed by atoms with Gasteiger partial charge in [0, 0.05) is 47.5 Å². The second kappa shape index (κ2) is 7.12. The standard InChI is InChI=1S/C20H28N4/c1-13(2)20-23-12-18(24-20)8-14(3)16-10-17(22-11-16)9-15(4)19-6-5-7-21-19/h5-7,10-15,21-22H,8-9H2,1-4H3,(H,23,24). The molecular formula is C20H28N4. The molecule has 2 unspecified atom stereocenters. The van der Waals surface area contributed by atoms with Gasteiger partial charge in [-0.15, -0.1) is 0 Å². The molecule has 0 bridgehead atoms. The molecule has 0 amide bonds. The monoisotopic (exact) mass is 324 g/mol. The topological polar surface area (TPSA) is 60.3 Å². The first kappa shape index (κ1) is 16.6. The minimum Gasteiger partial charge on any atom is -0.365 e. The van der Waals surface area contributed by atoms with Crippen molar-refractivity contribution in [2.45, 2.75) is 58.3 Å². The van der Waals surface area contributed by atoms with Crippen LogP contribution in [0, 0.1) is 0 Å². The smallest absolute Gasteiger partial charge is 0.108 e. The lowest BCUT2D eigenvalue weighted by Gasteiger charge is -2.09. The predicted molar refractivity (Wildman–Crippen MR) is 98.5 cm³/mol. The fourth-order valence-electron chi connectivity index (χ4n) is 3.17. The van der Waals surface area contributed by atoms with Crippen molar-refractivity contribution in [2.24, 2.45) is 0 Å². The Balaban J connectivity index is 1.61. The van der Waals surface area contributed by atoms with Crippen LogP contribution in [-0.4, -0.2) is 19.9 Å². The summed E-state index contributed by atoms with van der Waals surface area (Å²) in [4.78, 5) is 14.7. The summed E-state index contributed by atoms with van der Waals surface area (Å²) < 4.78 is 0. The van der Waals surface area contributed by atoms with E-state index in [0.717, 1.165) is 18.7 Å². The summed E-state index contributed by atoms with van der Waals surface area (Å²) in [5.41, 5.74) is 5.17. The van der Waals surface area contributed by atoms with Gasteiger partial charge in [-0.05, 0) is 42.5 Å². The van der Waals surface area contributed by atoms with E-state index in [-0.39, 0.29) is 0 Å². The van der Waals surface area contributed by atoms with Crippen LogP contribution in [0.25, 0.3) is 0 Å². The van der Waals surface area contributed by atoms with Crippen molar-refractivity contribution in [3.63, 3.8) is 0 Å². The van der Waals surface area contributed by atoms with Crippen molar-refractivity contribution in [1.29, 1.82) is 0 Å². The van der Waals surface area contributed by atoms with Crippen LogP contribution in [0.5, 0.6) is 0 Å². The van der Waals surface area contributed by atoms with Gasteiger partial charge in [0.05, 0.1) is 0 Å². The van der Waals surface area contributed by atoms with Crippen molar-refractivity contribution in [2.75, 3.05) is 0 Å². The van der Waals surface area contributed by atoms with Crippen molar-refractivity contribution >= 4 is 0 Å². The number of nitrogens with zero attached hydrogens (tertiary/aromatic N) is 1. The van der Waals surface area contributed by atoms with Gasteiger partial charge >= 0.3 is 0 Å². The minimum atomic E-state index is 0.447. The van der Waals surface area contributed by atoms with Crippen LogP contribution >= 0.6 is 0 Å². The van der Waals surface area contributed by atoms with E-state index in [1.807, 2.05) is 12.4 Å². The number of hydrogen-bond donors (Lipinski definition) is 3. The van der Waals surface area contributed by atoms with Crippen LogP contribution in [0.1, 0.15) is 73.9 Å². The third kappa shape index (κ3) is 3.81. The zero-order chi connectivity index (χ0) is 17.1. The summed E-state index contributed by atoms with van der Waals surface area (Å²) in [6, 6.07) is 6.52. The van der Waals surface area contributed by atoms with Gasteiger partial charge in [-0.3, -0.25) is 0 Å². The Morgan fingerprint density at radius 2 is 1.79 bits per heavy atom.